The lowest BCUT2D eigenvalue weighted by atomic mass is 9.74. The molecule has 2 heterocycles. The molecule has 0 aliphatic carbocycles. The zero-order valence-corrected chi connectivity index (χ0v) is 18.5. The number of benzene rings is 3. The van der Waals surface area contributed by atoms with Crippen LogP contribution in [0.4, 0.5) is 0 Å². The van der Waals surface area contributed by atoms with Gasteiger partial charge in [0.1, 0.15) is 0 Å². The third kappa shape index (κ3) is 3.79. The molecule has 4 aromatic rings. The van der Waals surface area contributed by atoms with E-state index < -0.39 is 11.6 Å². The van der Waals surface area contributed by atoms with Gasteiger partial charge in [0.15, 0.2) is 0 Å². The van der Waals surface area contributed by atoms with Crippen molar-refractivity contribution >= 4 is 17.8 Å². The highest BCUT2D eigenvalue weighted by molar-refractivity contribution is 6.99. The van der Waals surface area contributed by atoms with E-state index in [-0.39, 0.29) is 0 Å². The molecule has 3 aromatic carbocycles. The summed E-state index contributed by atoms with van der Waals surface area (Å²) in [6.45, 7) is 1.41. The van der Waals surface area contributed by atoms with E-state index in [1.54, 1.807) is 6.20 Å². The maximum atomic E-state index is 10.8. The smallest absolute Gasteiger partial charge is 0.0975 e. The van der Waals surface area contributed by atoms with Crippen LogP contribution in [0.15, 0.2) is 103 Å². The molecule has 1 aliphatic rings. The molecule has 0 saturated carbocycles. The van der Waals surface area contributed by atoms with Crippen molar-refractivity contribution in [1.29, 1.82) is 0 Å². The van der Waals surface area contributed by atoms with Gasteiger partial charge in [-0.1, -0.05) is 91.0 Å². The van der Waals surface area contributed by atoms with Crippen LogP contribution in [0, 0.1) is 0 Å². The van der Waals surface area contributed by atoms with Gasteiger partial charge in [0, 0.05) is 13.1 Å². The molecule has 0 radical (unpaired) electrons. The monoisotopic (exact) mass is 439 g/mol. The molecule has 4 nitrogen and oxygen atoms in total. The number of nitrogens with zero attached hydrogens (tertiary/aromatic N) is 3. The number of piperidine rings is 1. The molecule has 1 aromatic heterocycles. The van der Waals surface area contributed by atoms with Gasteiger partial charge in [-0.15, -0.1) is 0 Å². The molecule has 160 valence electrons. The summed E-state index contributed by atoms with van der Waals surface area (Å²) in [6, 6.07) is 32.0. The summed E-state index contributed by atoms with van der Waals surface area (Å²) in [7, 11) is 0. The molecule has 1 atom stereocenters. The van der Waals surface area contributed by atoms with Gasteiger partial charge in [-0.2, -0.15) is 8.75 Å². The maximum Gasteiger partial charge on any atom is 0.0975 e. The summed E-state index contributed by atoms with van der Waals surface area (Å²) in [6.07, 6.45) is 3.93. The molecule has 1 saturated heterocycles. The molecule has 5 heteroatoms. The molecule has 5 rings (SSSR count). The minimum Gasteiger partial charge on any atom is -0.389 e. The van der Waals surface area contributed by atoms with E-state index >= 15 is 0 Å². The zero-order valence-electron chi connectivity index (χ0n) is 17.7. The van der Waals surface area contributed by atoms with Crippen molar-refractivity contribution in [2.24, 2.45) is 0 Å². The SMILES string of the molecule is OC1CCN(C(c2ccccc2)(c2ccccc2)c2ccccc2)C/C1=C\c1cnsn1. The van der Waals surface area contributed by atoms with Crippen LogP contribution in [0.2, 0.25) is 0 Å². The maximum absolute atomic E-state index is 10.8. The first-order valence-electron chi connectivity index (χ1n) is 10.9. The predicted molar refractivity (Wildman–Crippen MR) is 129 cm³/mol. The Morgan fingerprint density at radius 1 is 0.844 bits per heavy atom. The summed E-state index contributed by atoms with van der Waals surface area (Å²) in [4.78, 5) is 2.49. The highest BCUT2D eigenvalue weighted by Crippen LogP contribution is 2.44. The van der Waals surface area contributed by atoms with E-state index in [1.807, 2.05) is 6.08 Å². The van der Waals surface area contributed by atoms with Crippen molar-refractivity contribution < 1.29 is 5.11 Å². The van der Waals surface area contributed by atoms with Crippen molar-refractivity contribution in [3.8, 4) is 0 Å². The van der Waals surface area contributed by atoms with Gasteiger partial charge in [-0.3, -0.25) is 4.90 Å². The molecule has 0 amide bonds. The fourth-order valence-electron chi connectivity index (χ4n) is 4.81. The van der Waals surface area contributed by atoms with E-state index in [9.17, 15) is 5.11 Å². The molecule has 32 heavy (non-hydrogen) atoms. The topological polar surface area (TPSA) is 49.2 Å². The molecular weight excluding hydrogens is 414 g/mol. The molecule has 1 unspecified atom stereocenters. The van der Waals surface area contributed by atoms with Crippen LogP contribution in [0.5, 0.6) is 0 Å². The number of likely N-dealkylation sites (tertiary alicyclic amines) is 1. The van der Waals surface area contributed by atoms with Crippen LogP contribution in [-0.4, -0.2) is 37.9 Å². The minimum absolute atomic E-state index is 0.479. The van der Waals surface area contributed by atoms with E-state index in [2.05, 4.69) is 105 Å². The summed E-state index contributed by atoms with van der Waals surface area (Å²) >= 11 is 1.19. The van der Waals surface area contributed by atoms with Crippen LogP contribution in [0.3, 0.4) is 0 Å². The van der Waals surface area contributed by atoms with Gasteiger partial charge < -0.3 is 5.11 Å². The van der Waals surface area contributed by atoms with Crippen molar-refractivity contribution in [3.05, 3.63) is 125 Å². The van der Waals surface area contributed by atoms with Gasteiger partial charge in [0.2, 0.25) is 0 Å². The summed E-state index contributed by atoms with van der Waals surface area (Å²) in [5.74, 6) is 0. The van der Waals surface area contributed by atoms with Crippen molar-refractivity contribution in [2.45, 2.75) is 18.1 Å². The van der Waals surface area contributed by atoms with E-state index in [0.29, 0.717) is 13.0 Å². The number of hydrogen-bond donors (Lipinski definition) is 1. The first-order chi connectivity index (χ1) is 15.8. The fourth-order valence-corrected chi connectivity index (χ4v) is 5.20. The number of aliphatic hydroxyl groups excluding tert-OH is 1. The Hall–Kier alpha value is -3.12. The normalized spacial score (nSPS) is 18.7. The summed E-state index contributed by atoms with van der Waals surface area (Å²) in [5.41, 5.74) is 4.92. The Morgan fingerprint density at radius 2 is 1.38 bits per heavy atom. The van der Waals surface area contributed by atoms with Crippen LogP contribution in [-0.2, 0) is 5.54 Å². The first kappa shape index (κ1) is 20.8. The lowest BCUT2D eigenvalue weighted by Gasteiger charge is -2.48. The lowest BCUT2D eigenvalue weighted by Crippen LogP contribution is -2.52. The largest absolute Gasteiger partial charge is 0.389 e. The lowest BCUT2D eigenvalue weighted by molar-refractivity contribution is 0.0872. The first-order valence-corrected chi connectivity index (χ1v) is 11.6. The number of aromatic nitrogens is 2. The quantitative estimate of drug-likeness (QED) is 0.446. The Balaban J connectivity index is 1.71. The second kappa shape index (κ2) is 9.17. The molecule has 0 bridgehead atoms. The van der Waals surface area contributed by atoms with Crippen LogP contribution >= 0.6 is 11.7 Å². The summed E-state index contributed by atoms with van der Waals surface area (Å²) in [5, 5.41) is 10.8. The van der Waals surface area contributed by atoms with Gasteiger partial charge in [0.25, 0.3) is 0 Å². The second-order valence-electron chi connectivity index (χ2n) is 8.09. The Labute approximate surface area is 192 Å². The van der Waals surface area contributed by atoms with E-state index in [1.165, 1.54) is 28.4 Å². The molecular formula is C27H25N3OS. The third-order valence-electron chi connectivity index (χ3n) is 6.23. The molecule has 1 aliphatic heterocycles. The fraction of sp³-hybridized carbons (Fsp3) is 0.185. The van der Waals surface area contributed by atoms with Gasteiger partial charge in [0.05, 0.1) is 35.3 Å². The van der Waals surface area contributed by atoms with Crippen LogP contribution in [0.25, 0.3) is 6.08 Å². The van der Waals surface area contributed by atoms with Crippen LogP contribution in [0.1, 0.15) is 28.8 Å². The van der Waals surface area contributed by atoms with Crippen LogP contribution < -0.4 is 0 Å². The van der Waals surface area contributed by atoms with Crippen molar-refractivity contribution in [3.63, 3.8) is 0 Å². The van der Waals surface area contributed by atoms with Crippen molar-refractivity contribution in [2.75, 3.05) is 13.1 Å². The molecule has 0 spiro atoms. The van der Waals surface area contributed by atoms with E-state index in [4.69, 9.17) is 0 Å². The van der Waals surface area contributed by atoms with Gasteiger partial charge >= 0.3 is 0 Å². The number of hydrogen-bond acceptors (Lipinski definition) is 5. The zero-order chi connectivity index (χ0) is 21.8. The average Bonchev–Trinajstić information content (AvgIpc) is 3.37. The Bertz CT molecular complexity index is 1060. The highest BCUT2D eigenvalue weighted by Gasteiger charge is 2.44. The highest BCUT2D eigenvalue weighted by atomic mass is 32.1. The van der Waals surface area contributed by atoms with E-state index in [0.717, 1.165) is 17.8 Å². The molecule has 1 N–H and O–H groups in total. The van der Waals surface area contributed by atoms with Gasteiger partial charge in [-0.05, 0) is 34.8 Å². The van der Waals surface area contributed by atoms with Gasteiger partial charge in [-0.25, -0.2) is 0 Å². The Kier molecular flexibility index (Phi) is 5.95. The minimum atomic E-state index is -0.483. The second-order valence-corrected chi connectivity index (χ2v) is 8.64. The number of rotatable bonds is 5. The summed E-state index contributed by atoms with van der Waals surface area (Å²) < 4.78 is 8.45. The standard InChI is InChI=1S/C27H25N3OS/c31-26-16-17-30(20-21(26)18-25-19-28-32-29-25)27(22-10-4-1-5-11-22,23-12-6-2-7-13-23)24-14-8-3-9-15-24/h1-15,18-19,26,31H,16-17,20H2/b21-18+. The number of aliphatic hydroxyl groups is 1. The average molecular weight is 440 g/mol. The third-order valence-corrected chi connectivity index (χ3v) is 6.73. The predicted octanol–water partition coefficient (Wildman–Crippen LogP) is 4.98. The van der Waals surface area contributed by atoms with Crippen molar-refractivity contribution in [1.82, 2.24) is 13.6 Å². The molecule has 1 fully saturated rings. The Morgan fingerprint density at radius 3 is 1.84 bits per heavy atom.